The number of benzene rings is 1. The van der Waals surface area contributed by atoms with E-state index in [0.717, 1.165) is 19.4 Å². The summed E-state index contributed by atoms with van der Waals surface area (Å²) in [5.41, 5.74) is 0.733. The van der Waals surface area contributed by atoms with Gasteiger partial charge in [-0.2, -0.15) is 0 Å². The van der Waals surface area contributed by atoms with Crippen LogP contribution >= 0.6 is 11.3 Å². The molecule has 1 saturated heterocycles. The van der Waals surface area contributed by atoms with Crippen LogP contribution in [0.15, 0.2) is 41.8 Å². The van der Waals surface area contributed by atoms with Crippen LogP contribution in [0.5, 0.6) is 0 Å². The molecule has 1 aromatic heterocycles. The maximum absolute atomic E-state index is 12.1. The zero-order valence-corrected chi connectivity index (χ0v) is 15.4. The van der Waals surface area contributed by atoms with E-state index in [1.165, 1.54) is 17.4 Å². The van der Waals surface area contributed by atoms with Gasteiger partial charge in [-0.05, 0) is 42.5 Å². The standard InChI is InChI=1S/C19H20N2O5S/c22-17(20-11-15-6-2-8-25-15)12-26-19(24)13-4-1-5-14(10-13)21-18(23)16-7-3-9-27-16/h1,3-5,7,9-10,15H,2,6,8,11-12H2,(H,20,22)(H,21,23)/t15-/m1/s1. The highest BCUT2D eigenvalue weighted by Crippen LogP contribution is 2.15. The van der Waals surface area contributed by atoms with Crippen LogP contribution in [0.1, 0.15) is 32.9 Å². The van der Waals surface area contributed by atoms with Crippen molar-refractivity contribution in [2.24, 2.45) is 0 Å². The molecule has 1 aromatic carbocycles. The quantitative estimate of drug-likeness (QED) is 0.711. The zero-order valence-electron chi connectivity index (χ0n) is 14.6. The first-order valence-corrected chi connectivity index (χ1v) is 9.50. The molecule has 2 amide bonds. The number of rotatable bonds is 7. The highest BCUT2D eigenvalue weighted by Gasteiger charge is 2.17. The third-order valence-corrected chi connectivity index (χ3v) is 4.85. The number of thiophene rings is 1. The lowest BCUT2D eigenvalue weighted by Gasteiger charge is -2.11. The predicted molar refractivity (Wildman–Crippen MR) is 101 cm³/mol. The SMILES string of the molecule is O=C(COC(=O)c1cccc(NC(=O)c2cccs2)c1)NC[C@H]1CCCO1. The number of ether oxygens (including phenoxy) is 2. The molecule has 0 unspecified atom stereocenters. The molecule has 0 bridgehead atoms. The normalized spacial score (nSPS) is 15.9. The molecule has 2 heterocycles. The smallest absolute Gasteiger partial charge is 0.338 e. The molecule has 0 aliphatic carbocycles. The van der Waals surface area contributed by atoms with Crippen molar-refractivity contribution in [3.05, 3.63) is 52.2 Å². The average Bonchev–Trinajstić information content (AvgIpc) is 3.38. The van der Waals surface area contributed by atoms with Crippen LogP contribution in [0.3, 0.4) is 0 Å². The number of hydrogen-bond donors (Lipinski definition) is 2. The predicted octanol–water partition coefficient (Wildman–Crippen LogP) is 2.45. The molecule has 0 radical (unpaired) electrons. The summed E-state index contributed by atoms with van der Waals surface area (Å²) in [7, 11) is 0. The summed E-state index contributed by atoms with van der Waals surface area (Å²) in [5.74, 6) is -1.25. The Morgan fingerprint density at radius 3 is 2.85 bits per heavy atom. The number of carbonyl (C=O) groups excluding carboxylic acids is 3. The molecule has 1 fully saturated rings. The van der Waals surface area contributed by atoms with Gasteiger partial charge in [-0.15, -0.1) is 11.3 Å². The number of carbonyl (C=O) groups is 3. The molecular formula is C19H20N2O5S. The van der Waals surface area contributed by atoms with Crippen LogP contribution in [0.4, 0.5) is 5.69 Å². The molecular weight excluding hydrogens is 368 g/mol. The van der Waals surface area contributed by atoms with Gasteiger partial charge in [0, 0.05) is 18.8 Å². The van der Waals surface area contributed by atoms with Gasteiger partial charge in [0.1, 0.15) is 0 Å². The third-order valence-electron chi connectivity index (χ3n) is 3.99. The molecule has 1 atom stereocenters. The van der Waals surface area contributed by atoms with Crippen molar-refractivity contribution in [3.63, 3.8) is 0 Å². The van der Waals surface area contributed by atoms with E-state index in [1.54, 1.807) is 30.3 Å². The first-order chi connectivity index (χ1) is 13.1. The topological polar surface area (TPSA) is 93.7 Å². The molecule has 1 aliphatic heterocycles. The minimum atomic E-state index is -0.630. The molecule has 142 valence electrons. The molecule has 0 saturated carbocycles. The van der Waals surface area contributed by atoms with Crippen molar-refractivity contribution >= 4 is 34.8 Å². The van der Waals surface area contributed by atoms with Gasteiger partial charge in [0.25, 0.3) is 11.8 Å². The summed E-state index contributed by atoms with van der Waals surface area (Å²) in [5, 5.41) is 7.23. The molecule has 2 N–H and O–H groups in total. The molecule has 0 spiro atoms. The van der Waals surface area contributed by atoms with Crippen molar-refractivity contribution in [3.8, 4) is 0 Å². The van der Waals surface area contributed by atoms with Crippen molar-refractivity contribution in [1.82, 2.24) is 5.32 Å². The van der Waals surface area contributed by atoms with E-state index < -0.39 is 5.97 Å². The summed E-state index contributed by atoms with van der Waals surface area (Å²) in [4.78, 5) is 36.6. The lowest BCUT2D eigenvalue weighted by molar-refractivity contribution is -0.124. The van der Waals surface area contributed by atoms with Gasteiger partial charge in [-0.3, -0.25) is 9.59 Å². The fourth-order valence-corrected chi connectivity index (χ4v) is 3.24. The van der Waals surface area contributed by atoms with E-state index in [9.17, 15) is 14.4 Å². The van der Waals surface area contributed by atoms with Crippen LogP contribution in [0, 0.1) is 0 Å². The van der Waals surface area contributed by atoms with Crippen molar-refractivity contribution in [2.75, 3.05) is 25.1 Å². The highest BCUT2D eigenvalue weighted by atomic mass is 32.1. The Morgan fingerprint density at radius 2 is 2.11 bits per heavy atom. The van der Waals surface area contributed by atoms with E-state index in [0.29, 0.717) is 17.1 Å². The summed E-state index contributed by atoms with van der Waals surface area (Å²) in [6.07, 6.45) is 1.95. The first kappa shape index (κ1) is 19.1. The lowest BCUT2D eigenvalue weighted by Crippen LogP contribution is -2.34. The van der Waals surface area contributed by atoms with E-state index in [2.05, 4.69) is 10.6 Å². The Labute approximate surface area is 160 Å². The second-order valence-electron chi connectivity index (χ2n) is 6.03. The number of amides is 2. The lowest BCUT2D eigenvalue weighted by atomic mass is 10.2. The summed E-state index contributed by atoms with van der Waals surface area (Å²) in [6.45, 7) is 0.771. The van der Waals surface area contributed by atoms with Crippen molar-refractivity contribution in [1.29, 1.82) is 0 Å². The van der Waals surface area contributed by atoms with Gasteiger partial charge < -0.3 is 20.1 Å². The Kier molecular flexibility index (Phi) is 6.56. The second kappa shape index (κ2) is 9.29. The van der Waals surface area contributed by atoms with Crippen LogP contribution in [-0.2, 0) is 14.3 Å². The minimum Gasteiger partial charge on any atom is -0.452 e. The van der Waals surface area contributed by atoms with Crippen LogP contribution < -0.4 is 10.6 Å². The molecule has 7 nitrogen and oxygen atoms in total. The fourth-order valence-electron chi connectivity index (χ4n) is 2.62. The third kappa shape index (κ3) is 5.63. The maximum atomic E-state index is 12.1. The monoisotopic (exact) mass is 388 g/mol. The number of anilines is 1. The number of esters is 1. The minimum absolute atomic E-state index is 0.0355. The Bertz CT molecular complexity index is 800. The van der Waals surface area contributed by atoms with Gasteiger partial charge in [0.05, 0.1) is 16.5 Å². The fraction of sp³-hybridized carbons (Fsp3) is 0.316. The van der Waals surface area contributed by atoms with Gasteiger partial charge in [-0.25, -0.2) is 4.79 Å². The van der Waals surface area contributed by atoms with Gasteiger partial charge in [-0.1, -0.05) is 12.1 Å². The second-order valence-corrected chi connectivity index (χ2v) is 6.98. The molecule has 8 heteroatoms. The number of nitrogens with one attached hydrogen (secondary N) is 2. The molecule has 27 heavy (non-hydrogen) atoms. The number of hydrogen-bond acceptors (Lipinski definition) is 6. The Hall–Kier alpha value is -2.71. The Morgan fingerprint density at radius 1 is 1.22 bits per heavy atom. The zero-order chi connectivity index (χ0) is 19.1. The highest BCUT2D eigenvalue weighted by molar-refractivity contribution is 7.12. The van der Waals surface area contributed by atoms with Crippen molar-refractivity contribution < 1.29 is 23.9 Å². The van der Waals surface area contributed by atoms with E-state index >= 15 is 0 Å². The van der Waals surface area contributed by atoms with Crippen LogP contribution in [-0.4, -0.2) is 43.6 Å². The van der Waals surface area contributed by atoms with Gasteiger partial charge in [0.15, 0.2) is 6.61 Å². The summed E-state index contributed by atoms with van der Waals surface area (Å²) in [6, 6.07) is 9.89. The van der Waals surface area contributed by atoms with Crippen LogP contribution in [0.2, 0.25) is 0 Å². The van der Waals surface area contributed by atoms with Crippen LogP contribution in [0.25, 0.3) is 0 Å². The molecule has 2 aromatic rings. The van der Waals surface area contributed by atoms with E-state index in [1.807, 2.05) is 5.38 Å². The molecule has 3 rings (SSSR count). The largest absolute Gasteiger partial charge is 0.452 e. The summed E-state index contributed by atoms with van der Waals surface area (Å²) < 4.78 is 10.4. The van der Waals surface area contributed by atoms with Gasteiger partial charge >= 0.3 is 5.97 Å². The molecule has 1 aliphatic rings. The Balaban J connectivity index is 1.47. The van der Waals surface area contributed by atoms with Gasteiger partial charge in [0.2, 0.25) is 0 Å². The van der Waals surface area contributed by atoms with E-state index in [-0.39, 0.29) is 30.1 Å². The average molecular weight is 388 g/mol. The van der Waals surface area contributed by atoms with Crippen molar-refractivity contribution in [2.45, 2.75) is 18.9 Å². The summed E-state index contributed by atoms with van der Waals surface area (Å²) >= 11 is 1.33. The first-order valence-electron chi connectivity index (χ1n) is 8.62. The van der Waals surface area contributed by atoms with E-state index in [4.69, 9.17) is 9.47 Å². The maximum Gasteiger partial charge on any atom is 0.338 e.